The van der Waals surface area contributed by atoms with Crippen LogP contribution in [0.5, 0.6) is 5.75 Å². The molecule has 1 aliphatic rings. The molecule has 3 aromatic carbocycles. The molecule has 3 aromatic rings. The minimum absolute atomic E-state index is 0.237. The van der Waals surface area contributed by atoms with Crippen molar-refractivity contribution in [1.82, 2.24) is 4.31 Å². The smallest absolute Gasteiger partial charge is 0.244 e. The van der Waals surface area contributed by atoms with E-state index in [9.17, 15) is 8.42 Å². The third-order valence-corrected chi connectivity index (χ3v) is 8.90. The van der Waals surface area contributed by atoms with Crippen LogP contribution in [-0.4, -0.2) is 25.9 Å². The van der Waals surface area contributed by atoms with E-state index in [1.807, 2.05) is 99.7 Å². The van der Waals surface area contributed by atoms with Crippen LogP contribution < -0.4 is 4.74 Å². The molecule has 0 amide bonds. The predicted molar refractivity (Wildman–Crippen MR) is 138 cm³/mol. The fourth-order valence-electron chi connectivity index (χ4n) is 4.72. The van der Waals surface area contributed by atoms with Crippen LogP contribution in [0.4, 0.5) is 0 Å². The molecule has 1 heterocycles. The first-order valence-corrected chi connectivity index (χ1v) is 12.8. The van der Waals surface area contributed by atoms with Gasteiger partial charge in [0.05, 0.1) is 24.1 Å². The number of hydrogen-bond acceptors (Lipinski definition) is 3. The molecule has 4 rings (SSSR count). The molecule has 0 saturated carbocycles. The first kappa shape index (κ1) is 24.0. The lowest BCUT2D eigenvalue weighted by Crippen LogP contribution is -2.53. The summed E-state index contributed by atoms with van der Waals surface area (Å²) in [7, 11) is -2.20. The highest BCUT2D eigenvalue weighted by Crippen LogP contribution is 2.47. The number of methoxy groups -OCH3 is 1. The maximum Gasteiger partial charge on any atom is 0.244 e. The fraction of sp³-hybridized carbons (Fsp3) is 0.241. The van der Waals surface area contributed by atoms with E-state index < -0.39 is 10.0 Å². The summed E-state index contributed by atoms with van der Waals surface area (Å²) < 4.78 is 35.5. The Labute approximate surface area is 203 Å². The van der Waals surface area contributed by atoms with E-state index in [4.69, 9.17) is 4.74 Å². The Morgan fingerprint density at radius 3 is 2.24 bits per heavy atom. The normalized spacial score (nSPS) is 18.6. The molecular formula is C29H31NO3S. The van der Waals surface area contributed by atoms with Gasteiger partial charge in [-0.25, -0.2) is 8.42 Å². The molecule has 0 aromatic heterocycles. The summed E-state index contributed by atoms with van der Waals surface area (Å²) in [6.07, 6.45) is 4.61. The molecule has 5 heteroatoms. The van der Waals surface area contributed by atoms with Crippen LogP contribution >= 0.6 is 0 Å². The molecule has 0 unspecified atom stereocenters. The summed E-state index contributed by atoms with van der Waals surface area (Å²) in [5.41, 5.74) is 5.06. The van der Waals surface area contributed by atoms with Crippen LogP contribution in [0.3, 0.4) is 0 Å². The van der Waals surface area contributed by atoms with Crippen LogP contribution in [0.15, 0.2) is 89.9 Å². The minimum atomic E-state index is -3.80. The van der Waals surface area contributed by atoms with Gasteiger partial charge in [-0.1, -0.05) is 79.4 Å². The summed E-state index contributed by atoms with van der Waals surface area (Å²) in [5, 5.41) is 0. The first-order chi connectivity index (χ1) is 16.3. The highest BCUT2D eigenvalue weighted by molar-refractivity contribution is 7.89. The Morgan fingerprint density at radius 1 is 1.00 bits per heavy atom. The summed E-state index contributed by atoms with van der Waals surface area (Å²) in [6.45, 7) is 9.84. The quantitative estimate of drug-likeness (QED) is 0.373. The van der Waals surface area contributed by atoms with Gasteiger partial charge in [0.15, 0.2) is 0 Å². The van der Waals surface area contributed by atoms with Gasteiger partial charge in [-0.3, -0.25) is 0 Å². The van der Waals surface area contributed by atoms with Crippen molar-refractivity contribution < 1.29 is 13.2 Å². The first-order valence-electron chi connectivity index (χ1n) is 11.4. The van der Waals surface area contributed by atoms with Crippen molar-refractivity contribution >= 4 is 16.1 Å². The Balaban J connectivity index is 1.76. The number of benzene rings is 3. The average Bonchev–Trinajstić information content (AvgIpc) is 2.80. The second-order valence-electron chi connectivity index (χ2n) is 8.81. The van der Waals surface area contributed by atoms with Crippen molar-refractivity contribution in [1.29, 1.82) is 0 Å². The standard InChI is InChI=1S/C29H31NO3S/c1-20(16-17-24-12-8-6-9-13-24)26-19-27(25-14-10-7-11-15-25)30(26)34(31,32)29-21(2)18-28(33-5)22(3)23(29)4/h6-18,26-27H,1,19H2,2-5H3/b17-16+/t26-,27+/m0/s1. The lowest BCUT2D eigenvalue weighted by Gasteiger charge is -2.48. The van der Waals surface area contributed by atoms with Gasteiger partial charge in [0, 0.05) is 0 Å². The van der Waals surface area contributed by atoms with Crippen molar-refractivity contribution in [2.75, 3.05) is 7.11 Å². The fourth-order valence-corrected chi connectivity index (χ4v) is 7.04. The highest BCUT2D eigenvalue weighted by atomic mass is 32.2. The van der Waals surface area contributed by atoms with Crippen LogP contribution in [0.25, 0.3) is 6.08 Å². The van der Waals surface area contributed by atoms with E-state index in [-0.39, 0.29) is 12.1 Å². The van der Waals surface area contributed by atoms with E-state index in [0.717, 1.165) is 27.8 Å². The Morgan fingerprint density at radius 2 is 1.62 bits per heavy atom. The summed E-state index contributed by atoms with van der Waals surface area (Å²) in [4.78, 5) is 0.358. The molecule has 0 bridgehead atoms. The number of sulfonamides is 1. The SMILES string of the molecule is C=C(/C=C/c1ccccc1)[C@@H]1C[C@H](c2ccccc2)N1S(=O)(=O)c1c(C)cc(OC)c(C)c1C. The van der Waals surface area contributed by atoms with Gasteiger partial charge in [0.2, 0.25) is 10.0 Å². The van der Waals surface area contributed by atoms with Gasteiger partial charge >= 0.3 is 0 Å². The van der Waals surface area contributed by atoms with Crippen molar-refractivity contribution in [3.63, 3.8) is 0 Å². The number of rotatable bonds is 7. The van der Waals surface area contributed by atoms with Gasteiger partial charge in [-0.2, -0.15) is 4.31 Å². The topological polar surface area (TPSA) is 46.6 Å². The van der Waals surface area contributed by atoms with Gasteiger partial charge in [-0.15, -0.1) is 0 Å². The zero-order valence-electron chi connectivity index (χ0n) is 20.2. The third kappa shape index (κ3) is 4.33. The highest BCUT2D eigenvalue weighted by Gasteiger charge is 2.48. The minimum Gasteiger partial charge on any atom is -0.496 e. The number of hydrogen-bond donors (Lipinski definition) is 0. The zero-order chi connectivity index (χ0) is 24.5. The molecule has 1 aliphatic heterocycles. The Bertz CT molecular complexity index is 1330. The Kier molecular flexibility index (Phi) is 6.78. The van der Waals surface area contributed by atoms with E-state index in [1.54, 1.807) is 11.4 Å². The molecule has 0 N–H and O–H groups in total. The Hall–Kier alpha value is -3.15. The maximum absolute atomic E-state index is 14.2. The van der Waals surface area contributed by atoms with Gasteiger partial charge in [0.25, 0.3) is 0 Å². The van der Waals surface area contributed by atoms with E-state index in [0.29, 0.717) is 22.6 Å². The van der Waals surface area contributed by atoms with Crippen LogP contribution in [0, 0.1) is 20.8 Å². The van der Waals surface area contributed by atoms with Gasteiger partial charge in [-0.05, 0) is 66.6 Å². The van der Waals surface area contributed by atoms with Crippen molar-refractivity contribution in [3.8, 4) is 5.75 Å². The molecule has 4 nitrogen and oxygen atoms in total. The van der Waals surface area contributed by atoms with Crippen LogP contribution in [0.1, 0.15) is 40.3 Å². The second-order valence-corrected chi connectivity index (χ2v) is 10.6. The van der Waals surface area contributed by atoms with Crippen LogP contribution in [0.2, 0.25) is 0 Å². The second kappa shape index (κ2) is 9.61. The molecule has 176 valence electrons. The van der Waals surface area contributed by atoms with Gasteiger partial charge in [0.1, 0.15) is 5.75 Å². The van der Waals surface area contributed by atoms with Crippen LogP contribution in [-0.2, 0) is 10.0 Å². The third-order valence-electron chi connectivity index (χ3n) is 6.70. The number of aryl methyl sites for hydroxylation is 1. The molecule has 0 spiro atoms. The largest absolute Gasteiger partial charge is 0.496 e. The molecule has 34 heavy (non-hydrogen) atoms. The molecule has 0 radical (unpaired) electrons. The average molecular weight is 474 g/mol. The lowest BCUT2D eigenvalue weighted by atomic mass is 9.86. The molecular weight excluding hydrogens is 442 g/mol. The summed E-state index contributed by atoms with van der Waals surface area (Å²) >= 11 is 0. The lowest BCUT2D eigenvalue weighted by molar-refractivity contribution is 0.140. The van der Waals surface area contributed by atoms with Gasteiger partial charge < -0.3 is 4.74 Å². The monoisotopic (exact) mass is 473 g/mol. The molecule has 1 fully saturated rings. The molecule has 1 saturated heterocycles. The molecule has 2 atom stereocenters. The zero-order valence-corrected chi connectivity index (χ0v) is 21.0. The van der Waals surface area contributed by atoms with Crippen molar-refractivity contribution in [3.05, 3.63) is 113 Å². The van der Waals surface area contributed by atoms with Crippen molar-refractivity contribution in [2.45, 2.75) is 44.2 Å². The van der Waals surface area contributed by atoms with Crippen molar-refractivity contribution in [2.24, 2.45) is 0 Å². The number of ether oxygens (including phenoxy) is 1. The number of nitrogens with zero attached hydrogens (tertiary/aromatic N) is 1. The van der Waals surface area contributed by atoms with E-state index in [2.05, 4.69) is 6.58 Å². The molecule has 0 aliphatic carbocycles. The summed E-state index contributed by atoms with van der Waals surface area (Å²) in [6, 6.07) is 21.0. The van der Waals surface area contributed by atoms with E-state index >= 15 is 0 Å². The predicted octanol–water partition coefficient (Wildman–Crippen LogP) is 6.39. The summed E-state index contributed by atoms with van der Waals surface area (Å²) in [5.74, 6) is 0.698. The maximum atomic E-state index is 14.2. The van der Waals surface area contributed by atoms with E-state index in [1.165, 1.54) is 0 Å².